The van der Waals surface area contributed by atoms with Gasteiger partial charge in [-0.25, -0.2) is 0 Å². The Hall–Kier alpha value is -0.810. The van der Waals surface area contributed by atoms with Gasteiger partial charge >= 0.3 is 0 Å². The van der Waals surface area contributed by atoms with Crippen LogP contribution in [0, 0.1) is 0 Å². The summed E-state index contributed by atoms with van der Waals surface area (Å²) < 4.78 is 0. The van der Waals surface area contributed by atoms with Crippen molar-refractivity contribution in [2.24, 2.45) is 0 Å². The lowest BCUT2D eigenvalue weighted by Gasteiger charge is -2.33. The summed E-state index contributed by atoms with van der Waals surface area (Å²) in [6, 6.07) is 5.96. The molecule has 1 aliphatic rings. The summed E-state index contributed by atoms with van der Waals surface area (Å²) in [6.07, 6.45) is 0.683. The summed E-state index contributed by atoms with van der Waals surface area (Å²) in [6.45, 7) is 5.94. The molecule has 0 saturated carbocycles. The highest BCUT2D eigenvalue weighted by Crippen LogP contribution is 2.25. The van der Waals surface area contributed by atoms with Gasteiger partial charge < -0.3 is 10.6 Å². The van der Waals surface area contributed by atoms with Crippen LogP contribution >= 0.6 is 23.2 Å². The standard InChI is InChI=1S/C15H21Cl2N3O/c1-11-9-18-7-8-20(11)10-14(21)19-6-5-12-3-2-4-13(16)15(12)17/h2-4,11,18H,5-10H2,1H3,(H,19,21)/t11-/m0/s1. The molecule has 21 heavy (non-hydrogen) atoms. The molecular weight excluding hydrogens is 309 g/mol. The van der Waals surface area contributed by atoms with Crippen LogP contribution in [-0.4, -0.2) is 49.6 Å². The first-order valence-electron chi connectivity index (χ1n) is 7.22. The molecule has 1 amide bonds. The van der Waals surface area contributed by atoms with E-state index in [4.69, 9.17) is 23.2 Å². The highest BCUT2D eigenvalue weighted by Gasteiger charge is 2.19. The average Bonchev–Trinajstić information content (AvgIpc) is 2.46. The molecular formula is C15H21Cl2N3O. The Bertz CT molecular complexity index is 496. The topological polar surface area (TPSA) is 44.4 Å². The number of rotatable bonds is 5. The molecule has 1 heterocycles. The number of nitrogens with zero attached hydrogens (tertiary/aromatic N) is 1. The molecule has 0 unspecified atom stereocenters. The molecule has 1 aromatic carbocycles. The van der Waals surface area contributed by atoms with E-state index in [1.807, 2.05) is 12.1 Å². The van der Waals surface area contributed by atoms with Crippen LogP contribution < -0.4 is 10.6 Å². The molecule has 116 valence electrons. The number of amides is 1. The Morgan fingerprint density at radius 2 is 2.29 bits per heavy atom. The maximum Gasteiger partial charge on any atom is 0.234 e. The third kappa shape index (κ3) is 4.85. The van der Waals surface area contributed by atoms with E-state index in [0.717, 1.165) is 25.2 Å². The highest BCUT2D eigenvalue weighted by atomic mass is 35.5. The van der Waals surface area contributed by atoms with Gasteiger partial charge in [0, 0.05) is 32.2 Å². The van der Waals surface area contributed by atoms with Gasteiger partial charge in [-0.15, -0.1) is 0 Å². The minimum atomic E-state index is 0.0573. The van der Waals surface area contributed by atoms with Crippen molar-refractivity contribution < 1.29 is 4.79 Å². The first-order valence-corrected chi connectivity index (χ1v) is 7.98. The number of carbonyl (C=O) groups excluding carboxylic acids is 1. The van der Waals surface area contributed by atoms with Gasteiger partial charge in [-0.3, -0.25) is 9.69 Å². The van der Waals surface area contributed by atoms with Gasteiger partial charge in [-0.1, -0.05) is 35.3 Å². The normalized spacial score (nSPS) is 19.5. The van der Waals surface area contributed by atoms with Crippen molar-refractivity contribution in [1.82, 2.24) is 15.5 Å². The minimum absolute atomic E-state index is 0.0573. The van der Waals surface area contributed by atoms with Crippen LogP contribution in [-0.2, 0) is 11.2 Å². The second-order valence-electron chi connectivity index (χ2n) is 5.34. The zero-order chi connectivity index (χ0) is 15.2. The zero-order valence-electron chi connectivity index (χ0n) is 12.2. The van der Waals surface area contributed by atoms with Crippen LogP contribution in [0.25, 0.3) is 0 Å². The smallest absolute Gasteiger partial charge is 0.234 e. The first kappa shape index (κ1) is 16.6. The molecule has 1 fully saturated rings. The summed E-state index contributed by atoms with van der Waals surface area (Å²) in [5.74, 6) is 0.0573. The Morgan fingerprint density at radius 3 is 3.05 bits per heavy atom. The summed E-state index contributed by atoms with van der Waals surface area (Å²) >= 11 is 12.1. The van der Waals surface area contributed by atoms with Crippen molar-refractivity contribution in [1.29, 1.82) is 0 Å². The summed E-state index contributed by atoms with van der Waals surface area (Å²) in [5, 5.41) is 7.38. The first-order chi connectivity index (χ1) is 10.1. The Morgan fingerprint density at radius 1 is 1.48 bits per heavy atom. The van der Waals surface area contributed by atoms with E-state index in [9.17, 15) is 4.79 Å². The molecule has 0 spiro atoms. The zero-order valence-corrected chi connectivity index (χ0v) is 13.7. The van der Waals surface area contributed by atoms with E-state index in [1.165, 1.54) is 0 Å². The fourth-order valence-corrected chi connectivity index (χ4v) is 2.85. The van der Waals surface area contributed by atoms with Crippen molar-refractivity contribution in [3.8, 4) is 0 Å². The molecule has 0 aliphatic carbocycles. The second-order valence-corrected chi connectivity index (χ2v) is 6.12. The molecule has 1 aromatic rings. The molecule has 0 radical (unpaired) electrons. The predicted octanol–water partition coefficient (Wildman–Crippen LogP) is 1.95. The summed E-state index contributed by atoms with van der Waals surface area (Å²) in [7, 11) is 0. The van der Waals surface area contributed by atoms with Crippen LogP contribution in [0.1, 0.15) is 12.5 Å². The van der Waals surface area contributed by atoms with Crippen LogP contribution in [0.2, 0.25) is 10.0 Å². The molecule has 6 heteroatoms. The second kappa shape index (κ2) is 7.99. The van der Waals surface area contributed by atoms with E-state index in [-0.39, 0.29) is 5.91 Å². The lowest BCUT2D eigenvalue weighted by Crippen LogP contribution is -2.52. The largest absolute Gasteiger partial charge is 0.355 e. The summed E-state index contributed by atoms with van der Waals surface area (Å²) in [5.41, 5.74) is 0.958. The molecule has 2 rings (SSSR count). The lowest BCUT2D eigenvalue weighted by molar-refractivity contribution is -0.122. The predicted molar refractivity (Wildman–Crippen MR) is 87.1 cm³/mol. The van der Waals surface area contributed by atoms with Gasteiger partial charge in [-0.05, 0) is 25.0 Å². The Labute approximate surface area is 135 Å². The Balaban J connectivity index is 1.75. The molecule has 0 aromatic heterocycles. The van der Waals surface area contributed by atoms with E-state index in [2.05, 4.69) is 22.5 Å². The van der Waals surface area contributed by atoms with E-state index < -0.39 is 0 Å². The summed E-state index contributed by atoms with van der Waals surface area (Å²) in [4.78, 5) is 14.2. The third-order valence-electron chi connectivity index (χ3n) is 3.73. The molecule has 1 saturated heterocycles. The maximum atomic E-state index is 12.0. The number of hydrogen-bond acceptors (Lipinski definition) is 3. The fourth-order valence-electron chi connectivity index (χ4n) is 2.44. The average molecular weight is 330 g/mol. The monoisotopic (exact) mass is 329 g/mol. The van der Waals surface area contributed by atoms with E-state index in [1.54, 1.807) is 6.07 Å². The van der Waals surface area contributed by atoms with Gasteiger partial charge in [0.15, 0.2) is 0 Å². The molecule has 1 atom stereocenters. The lowest BCUT2D eigenvalue weighted by atomic mass is 10.1. The van der Waals surface area contributed by atoms with Crippen LogP contribution in [0.5, 0.6) is 0 Å². The highest BCUT2D eigenvalue weighted by molar-refractivity contribution is 6.42. The molecule has 4 nitrogen and oxygen atoms in total. The van der Waals surface area contributed by atoms with Crippen LogP contribution in [0.15, 0.2) is 18.2 Å². The number of piperazine rings is 1. The van der Waals surface area contributed by atoms with Gasteiger partial charge in [0.1, 0.15) is 0 Å². The number of nitrogens with one attached hydrogen (secondary N) is 2. The van der Waals surface area contributed by atoms with Gasteiger partial charge in [0.05, 0.1) is 16.6 Å². The van der Waals surface area contributed by atoms with Crippen molar-refractivity contribution >= 4 is 29.1 Å². The number of benzene rings is 1. The quantitative estimate of drug-likeness (QED) is 0.867. The Kier molecular flexibility index (Phi) is 6.30. The third-order valence-corrected chi connectivity index (χ3v) is 4.59. The maximum absolute atomic E-state index is 12.0. The van der Waals surface area contributed by atoms with E-state index in [0.29, 0.717) is 35.6 Å². The number of hydrogen-bond donors (Lipinski definition) is 2. The van der Waals surface area contributed by atoms with Crippen molar-refractivity contribution in [3.05, 3.63) is 33.8 Å². The van der Waals surface area contributed by atoms with Crippen molar-refractivity contribution in [2.45, 2.75) is 19.4 Å². The van der Waals surface area contributed by atoms with Gasteiger partial charge in [-0.2, -0.15) is 0 Å². The van der Waals surface area contributed by atoms with Crippen LogP contribution in [0.4, 0.5) is 0 Å². The van der Waals surface area contributed by atoms with Crippen molar-refractivity contribution in [3.63, 3.8) is 0 Å². The SMILES string of the molecule is C[C@H]1CNCCN1CC(=O)NCCc1cccc(Cl)c1Cl. The van der Waals surface area contributed by atoms with E-state index >= 15 is 0 Å². The molecule has 0 bridgehead atoms. The van der Waals surface area contributed by atoms with Gasteiger partial charge in [0.2, 0.25) is 5.91 Å². The van der Waals surface area contributed by atoms with Gasteiger partial charge in [0.25, 0.3) is 0 Å². The minimum Gasteiger partial charge on any atom is -0.355 e. The van der Waals surface area contributed by atoms with Crippen LogP contribution in [0.3, 0.4) is 0 Å². The number of halogens is 2. The van der Waals surface area contributed by atoms with Crippen molar-refractivity contribution in [2.75, 3.05) is 32.7 Å². The molecule has 2 N–H and O–H groups in total. The fraction of sp³-hybridized carbons (Fsp3) is 0.533. The number of carbonyl (C=O) groups is 1. The molecule has 1 aliphatic heterocycles.